The predicted octanol–water partition coefficient (Wildman–Crippen LogP) is 4.94. The van der Waals surface area contributed by atoms with E-state index in [-0.39, 0.29) is 18.0 Å². The van der Waals surface area contributed by atoms with Crippen molar-refractivity contribution in [1.29, 1.82) is 0 Å². The first-order chi connectivity index (χ1) is 18.0. The maximum Gasteiger partial charge on any atom is 0.226 e. The predicted molar refractivity (Wildman–Crippen MR) is 149 cm³/mol. The standard InChI is InChI=1S/C29H30N6OS/c1-20-17-24(21(2)35(20)19-22-9-8-14-30-18-22)28-27(25-12-6-7-15-31-25)33-29(37)34(28)16-13-26(36)32-23-10-4-3-5-11-23/h3-12,14-15,17-18,27-28H,13,16,19H2,1-2H3,(H,32,36)(H,33,37). The van der Waals surface area contributed by atoms with Crippen LogP contribution in [0.25, 0.3) is 0 Å². The third-order valence-electron chi connectivity index (χ3n) is 6.83. The van der Waals surface area contributed by atoms with Crippen molar-refractivity contribution in [1.82, 2.24) is 24.8 Å². The van der Waals surface area contributed by atoms with Gasteiger partial charge in [-0.05, 0) is 73.6 Å². The summed E-state index contributed by atoms with van der Waals surface area (Å²) in [7, 11) is 0. The van der Waals surface area contributed by atoms with Crippen LogP contribution >= 0.6 is 12.2 Å². The first-order valence-electron chi connectivity index (χ1n) is 12.4. The molecule has 0 spiro atoms. The fourth-order valence-corrected chi connectivity index (χ4v) is 5.33. The molecule has 188 valence electrons. The van der Waals surface area contributed by atoms with E-state index < -0.39 is 0 Å². The Morgan fingerprint density at radius 3 is 2.59 bits per heavy atom. The Balaban J connectivity index is 1.44. The number of carbonyl (C=O) groups is 1. The van der Waals surface area contributed by atoms with Gasteiger partial charge in [0, 0.05) is 55.2 Å². The number of thiocarbonyl (C=S) groups is 1. The van der Waals surface area contributed by atoms with Crippen LogP contribution in [0.4, 0.5) is 5.69 Å². The van der Waals surface area contributed by atoms with Crippen LogP contribution < -0.4 is 10.6 Å². The average Bonchev–Trinajstić information content (AvgIpc) is 3.39. The second-order valence-corrected chi connectivity index (χ2v) is 9.64. The summed E-state index contributed by atoms with van der Waals surface area (Å²) in [6.45, 7) is 5.51. The molecule has 1 aromatic carbocycles. The monoisotopic (exact) mass is 510 g/mol. The van der Waals surface area contributed by atoms with Crippen LogP contribution in [0.5, 0.6) is 0 Å². The minimum atomic E-state index is -0.127. The minimum absolute atomic E-state index is 0.0453. The molecule has 1 fully saturated rings. The van der Waals surface area contributed by atoms with Gasteiger partial charge in [0.05, 0.1) is 17.8 Å². The van der Waals surface area contributed by atoms with Crippen molar-refractivity contribution in [3.05, 3.63) is 114 Å². The molecule has 4 aromatic rings. The summed E-state index contributed by atoms with van der Waals surface area (Å²) in [5, 5.41) is 7.10. The Bertz CT molecular complexity index is 1370. The van der Waals surface area contributed by atoms with E-state index in [4.69, 9.17) is 12.2 Å². The highest BCUT2D eigenvalue weighted by atomic mass is 32.1. The number of anilines is 1. The molecule has 0 saturated carbocycles. The molecule has 1 aliphatic heterocycles. The summed E-state index contributed by atoms with van der Waals surface area (Å²) in [5.74, 6) is -0.0453. The van der Waals surface area contributed by atoms with E-state index in [1.807, 2.05) is 60.8 Å². The zero-order chi connectivity index (χ0) is 25.8. The van der Waals surface area contributed by atoms with Gasteiger partial charge in [-0.1, -0.05) is 30.3 Å². The van der Waals surface area contributed by atoms with Gasteiger partial charge in [-0.25, -0.2) is 0 Å². The minimum Gasteiger partial charge on any atom is -0.352 e. The van der Waals surface area contributed by atoms with Crippen molar-refractivity contribution in [2.75, 3.05) is 11.9 Å². The van der Waals surface area contributed by atoms with E-state index in [0.717, 1.165) is 34.9 Å². The van der Waals surface area contributed by atoms with Gasteiger partial charge in [0.15, 0.2) is 5.11 Å². The Morgan fingerprint density at radius 2 is 1.86 bits per heavy atom. The summed E-state index contributed by atoms with van der Waals surface area (Å²) in [5.41, 5.74) is 6.35. The van der Waals surface area contributed by atoms with Crippen molar-refractivity contribution in [2.24, 2.45) is 0 Å². The summed E-state index contributed by atoms with van der Waals surface area (Å²) < 4.78 is 2.31. The highest BCUT2D eigenvalue weighted by molar-refractivity contribution is 7.80. The van der Waals surface area contributed by atoms with Crippen LogP contribution in [-0.2, 0) is 11.3 Å². The topological polar surface area (TPSA) is 75.1 Å². The van der Waals surface area contributed by atoms with Gasteiger partial charge in [0.25, 0.3) is 0 Å². The van der Waals surface area contributed by atoms with Gasteiger partial charge in [0.2, 0.25) is 5.91 Å². The van der Waals surface area contributed by atoms with Crippen molar-refractivity contribution in [3.63, 3.8) is 0 Å². The van der Waals surface area contributed by atoms with Gasteiger partial charge in [-0.2, -0.15) is 0 Å². The van der Waals surface area contributed by atoms with Gasteiger partial charge >= 0.3 is 0 Å². The number of carbonyl (C=O) groups excluding carboxylic acids is 1. The molecule has 5 rings (SSSR count). The summed E-state index contributed by atoms with van der Waals surface area (Å²) >= 11 is 5.80. The maximum atomic E-state index is 12.8. The van der Waals surface area contributed by atoms with Crippen LogP contribution in [0.2, 0.25) is 0 Å². The lowest BCUT2D eigenvalue weighted by Gasteiger charge is -2.28. The maximum absolute atomic E-state index is 12.8. The molecule has 1 saturated heterocycles. The molecular weight excluding hydrogens is 480 g/mol. The van der Waals surface area contributed by atoms with E-state index in [1.54, 1.807) is 12.4 Å². The number of amides is 1. The first kappa shape index (κ1) is 24.6. The second kappa shape index (κ2) is 10.9. The van der Waals surface area contributed by atoms with Crippen molar-refractivity contribution in [2.45, 2.75) is 38.9 Å². The van der Waals surface area contributed by atoms with E-state index >= 15 is 0 Å². The fraction of sp³-hybridized carbons (Fsp3) is 0.241. The zero-order valence-electron chi connectivity index (χ0n) is 21.0. The number of hydrogen-bond acceptors (Lipinski definition) is 4. The number of benzene rings is 1. The molecule has 0 bridgehead atoms. The lowest BCUT2D eigenvalue weighted by atomic mass is 9.96. The third kappa shape index (κ3) is 5.39. The van der Waals surface area contributed by atoms with E-state index in [2.05, 4.69) is 56.0 Å². The summed E-state index contributed by atoms with van der Waals surface area (Å²) in [6, 6.07) is 21.5. The fourth-order valence-electron chi connectivity index (χ4n) is 5.00. The largest absolute Gasteiger partial charge is 0.352 e. The average molecular weight is 511 g/mol. The van der Waals surface area contributed by atoms with E-state index in [1.165, 1.54) is 5.56 Å². The Labute approximate surface area is 222 Å². The molecule has 0 aliphatic carbocycles. The van der Waals surface area contributed by atoms with Crippen LogP contribution in [0.3, 0.4) is 0 Å². The summed E-state index contributed by atoms with van der Waals surface area (Å²) in [4.78, 5) is 23.8. The highest BCUT2D eigenvalue weighted by Crippen LogP contribution is 2.41. The third-order valence-corrected chi connectivity index (χ3v) is 7.18. The van der Waals surface area contributed by atoms with Crippen molar-refractivity contribution >= 4 is 28.9 Å². The van der Waals surface area contributed by atoms with Crippen molar-refractivity contribution < 1.29 is 4.79 Å². The molecule has 2 unspecified atom stereocenters. The number of aromatic nitrogens is 3. The molecule has 3 aromatic heterocycles. The number of hydrogen-bond donors (Lipinski definition) is 2. The van der Waals surface area contributed by atoms with Crippen LogP contribution in [0, 0.1) is 13.8 Å². The molecule has 7 nitrogen and oxygen atoms in total. The van der Waals surface area contributed by atoms with Crippen LogP contribution in [0.15, 0.2) is 85.3 Å². The van der Waals surface area contributed by atoms with E-state index in [0.29, 0.717) is 18.1 Å². The highest BCUT2D eigenvalue weighted by Gasteiger charge is 2.41. The molecular formula is C29H30N6OS. The smallest absolute Gasteiger partial charge is 0.226 e. The van der Waals surface area contributed by atoms with E-state index in [9.17, 15) is 4.79 Å². The number of rotatable bonds is 8. The molecule has 2 atom stereocenters. The lowest BCUT2D eigenvalue weighted by molar-refractivity contribution is -0.116. The zero-order valence-corrected chi connectivity index (χ0v) is 21.8. The molecule has 2 N–H and O–H groups in total. The Kier molecular flexibility index (Phi) is 7.28. The molecule has 1 amide bonds. The lowest BCUT2D eigenvalue weighted by Crippen LogP contribution is -2.32. The Morgan fingerprint density at radius 1 is 1.05 bits per heavy atom. The van der Waals surface area contributed by atoms with Gasteiger partial charge in [0.1, 0.15) is 0 Å². The number of para-hydroxylation sites is 1. The first-order valence-corrected chi connectivity index (χ1v) is 12.8. The molecule has 4 heterocycles. The normalized spacial score (nSPS) is 17.0. The quantitative estimate of drug-likeness (QED) is 0.327. The van der Waals surface area contributed by atoms with Crippen LogP contribution in [-0.4, -0.2) is 37.0 Å². The van der Waals surface area contributed by atoms with Crippen molar-refractivity contribution in [3.8, 4) is 0 Å². The SMILES string of the molecule is Cc1cc(C2C(c3ccccn3)NC(=S)N2CCC(=O)Nc2ccccc2)c(C)n1Cc1cccnc1. The van der Waals surface area contributed by atoms with Gasteiger partial charge < -0.3 is 20.1 Å². The molecule has 8 heteroatoms. The van der Waals surface area contributed by atoms with Gasteiger partial charge in [-0.15, -0.1) is 0 Å². The molecule has 1 aliphatic rings. The number of nitrogens with zero attached hydrogens (tertiary/aromatic N) is 4. The number of pyridine rings is 2. The van der Waals surface area contributed by atoms with Gasteiger partial charge in [-0.3, -0.25) is 14.8 Å². The number of nitrogens with one attached hydrogen (secondary N) is 2. The van der Waals surface area contributed by atoms with Crippen LogP contribution in [0.1, 0.15) is 46.7 Å². The second-order valence-electron chi connectivity index (χ2n) is 9.26. The number of aryl methyl sites for hydroxylation is 1. The Hall–Kier alpha value is -4.04. The molecule has 37 heavy (non-hydrogen) atoms. The molecule has 0 radical (unpaired) electrons. The summed E-state index contributed by atoms with van der Waals surface area (Å²) in [6.07, 6.45) is 5.81.